The number of nitro benzene ring substituents is 1. The number of rotatable bonds is 4. The fraction of sp³-hybridized carbons (Fsp3) is 0.308. The van der Waals surface area contributed by atoms with E-state index >= 15 is 0 Å². The largest absolute Gasteiger partial charge is 0.379 e. The number of ether oxygens (including phenoxy) is 1. The molecule has 1 aliphatic heterocycles. The van der Waals surface area contributed by atoms with Crippen molar-refractivity contribution < 1.29 is 22.9 Å². The van der Waals surface area contributed by atoms with Gasteiger partial charge in [-0.3, -0.25) is 14.9 Å². The molecular formula is C13H13BrN4O6S. The van der Waals surface area contributed by atoms with E-state index in [9.17, 15) is 23.3 Å². The van der Waals surface area contributed by atoms with Crippen molar-refractivity contribution in [3.05, 3.63) is 32.4 Å². The molecule has 0 atom stereocenters. The van der Waals surface area contributed by atoms with Gasteiger partial charge in [0.15, 0.2) is 0 Å². The monoisotopic (exact) mass is 432 g/mol. The van der Waals surface area contributed by atoms with Gasteiger partial charge in [0.05, 0.1) is 28.1 Å². The number of H-pyrrole nitrogens is 1. The van der Waals surface area contributed by atoms with E-state index in [2.05, 4.69) is 20.9 Å². The van der Waals surface area contributed by atoms with E-state index in [1.54, 1.807) is 0 Å². The molecule has 2 heterocycles. The van der Waals surface area contributed by atoms with Crippen LogP contribution in [0, 0.1) is 10.1 Å². The van der Waals surface area contributed by atoms with E-state index < -0.39 is 20.9 Å². The number of benzene rings is 1. The number of nitrogens with two attached hydrogens (primary N) is 1. The molecule has 1 amide bonds. The second-order valence-electron chi connectivity index (χ2n) is 5.32. The number of amides is 1. The maximum Gasteiger partial charge on any atom is 0.285 e. The number of aromatic amines is 1. The molecule has 1 aromatic heterocycles. The standard InChI is InChI=1S/C13H13BrN4O6S/c14-8-5-7-9(6-10(8)18(20)21)16-11(13(15)19)12(7)25(22,23)17-1-3-24-4-2-17/h5-6,16H,1-4H2,(H2,15,19). The van der Waals surface area contributed by atoms with Crippen LogP contribution in [0.5, 0.6) is 0 Å². The molecule has 0 spiro atoms. The third kappa shape index (κ3) is 3.01. The number of nitrogens with one attached hydrogen (secondary N) is 1. The van der Waals surface area contributed by atoms with Crippen molar-refractivity contribution in [2.45, 2.75) is 4.90 Å². The Morgan fingerprint density at radius 1 is 1.36 bits per heavy atom. The number of hydrogen-bond donors (Lipinski definition) is 2. The molecule has 1 saturated heterocycles. The van der Waals surface area contributed by atoms with E-state index in [-0.39, 0.29) is 58.0 Å². The lowest BCUT2D eigenvalue weighted by Gasteiger charge is -2.26. The molecule has 1 aliphatic rings. The lowest BCUT2D eigenvalue weighted by atomic mass is 10.2. The van der Waals surface area contributed by atoms with Crippen molar-refractivity contribution >= 4 is 48.5 Å². The molecule has 0 unspecified atom stereocenters. The van der Waals surface area contributed by atoms with Gasteiger partial charge >= 0.3 is 0 Å². The maximum atomic E-state index is 13.0. The number of fused-ring (bicyclic) bond motifs is 1. The van der Waals surface area contributed by atoms with E-state index in [1.807, 2.05) is 0 Å². The fourth-order valence-corrected chi connectivity index (χ4v) is 4.91. The molecule has 1 fully saturated rings. The van der Waals surface area contributed by atoms with Gasteiger partial charge in [-0.15, -0.1) is 0 Å². The molecular weight excluding hydrogens is 420 g/mol. The van der Waals surface area contributed by atoms with E-state index in [1.165, 1.54) is 10.4 Å². The van der Waals surface area contributed by atoms with Gasteiger partial charge in [0, 0.05) is 24.5 Å². The normalized spacial score (nSPS) is 16.2. The quantitative estimate of drug-likeness (QED) is 0.542. The number of sulfonamides is 1. The highest BCUT2D eigenvalue weighted by molar-refractivity contribution is 9.10. The number of hydrogen-bond acceptors (Lipinski definition) is 6. The highest BCUT2D eigenvalue weighted by atomic mass is 79.9. The van der Waals surface area contributed by atoms with Crippen LogP contribution in [0.1, 0.15) is 10.5 Å². The van der Waals surface area contributed by atoms with Crippen molar-refractivity contribution in [1.82, 2.24) is 9.29 Å². The summed E-state index contributed by atoms with van der Waals surface area (Å²) in [5, 5.41) is 11.2. The summed E-state index contributed by atoms with van der Waals surface area (Å²) in [6.07, 6.45) is 0. The second kappa shape index (κ2) is 6.37. The van der Waals surface area contributed by atoms with Crippen molar-refractivity contribution in [3.8, 4) is 0 Å². The van der Waals surface area contributed by atoms with Gasteiger partial charge in [-0.1, -0.05) is 0 Å². The number of morpholine rings is 1. The van der Waals surface area contributed by atoms with E-state index in [0.717, 1.165) is 6.07 Å². The second-order valence-corrected chi connectivity index (χ2v) is 8.05. The Kier molecular flexibility index (Phi) is 4.53. The molecule has 3 rings (SSSR count). The number of nitrogens with zero attached hydrogens (tertiary/aromatic N) is 2. The zero-order valence-corrected chi connectivity index (χ0v) is 15.1. The first-order valence-electron chi connectivity index (χ1n) is 7.11. The number of nitro groups is 1. The minimum Gasteiger partial charge on any atom is -0.379 e. The number of aromatic nitrogens is 1. The predicted octanol–water partition coefficient (Wildman–Crippen LogP) is 0.958. The van der Waals surface area contributed by atoms with Crippen molar-refractivity contribution in [1.29, 1.82) is 0 Å². The maximum absolute atomic E-state index is 13.0. The lowest BCUT2D eigenvalue weighted by molar-refractivity contribution is -0.385. The highest BCUT2D eigenvalue weighted by Gasteiger charge is 2.34. The van der Waals surface area contributed by atoms with Crippen LogP contribution in [-0.2, 0) is 14.8 Å². The summed E-state index contributed by atoms with van der Waals surface area (Å²) < 4.78 is 32.5. The predicted molar refractivity (Wildman–Crippen MR) is 90.7 cm³/mol. The first-order valence-corrected chi connectivity index (χ1v) is 9.34. The van der Waals surface area contributed by atoms with Crippen LogP contribution in [0.4, 0.5) is 5.69 Å². The average molecular weight is 433 g/mol. The Morgan fingerprint density at radius 3 is 2.56 bits per heavy atom. The van der Waals surface area contributed by atoms with Crippen LogP contribution in [0.3, 0.4) is 0 Å². The Balaban J connectivity index is 2.28. The molecule has 2 aromatic rings. The third-order valence-electron chi connectivity index (χ3n) is 3.83. The van der Waals surface area contributed by atoms with Gasteiger partial charge in [0.2, 0.25) is 10.0 Å². The molecule has 25 heavy (non-hydrogen) atoms. The number of halogens is 1. The zero-order valence-electron chi connectivity index (χ0n) is 12.7. The molecule has 1 aromatic carbocycles. The van der Waals surface area contributed by atoms with Gasteiger partial charge in [0.25, 0.3) is 11.6 Å². The first kappa shape index (κ1) is 17.8. The lowest BCUT2D eigenvalue weighted by Crippen LogP contribution is -2.41. The van der Waals surface area contributed by atoms with Crippen LogP contribution in [-0.4, -0.2) is 54.8 Å². The Hall–Kier alpha value is -2.02. The smallest absolute Gasteiger partial charge is 0.285 e. The number of carbonyl (C=O) groups is 1. The molecule has 134 valence electrons. The third-order valence-corrected chi connectivity index (χ3v) is 6.45. The van der Waals surface area contributed by atoms with Crippen LogP contribution in [0.15, 0.2) is 21.5 Å². The molecule has 0 bridgehead atoms. The minimum atomic E-state index is -4.04. The molecule has 0 saturated carbocycles. The molecule has 3 N–H and O–H groups in total. The van der Waals surface area contributed by atoms with E-state index in [4.69, 9.17) is 10.5 Å². The van der Waals surface area contributed by atoms with Gasteiger partial charge < -0.3 is 15.5 Å². The minimum absolute atomic E-state index is 0.0958. The fourth-order valence-electron chi connectivity index (χ4n) is 2.68. The topological polar surface area (TPSA) is 149 Å². The Labute approximate surface area is 150 Å². The molecule has 0 aliphatic carbocycles. The van der Waals surface area contributed by atoms with Crippen LogP contribution >= 0.6 is 15.9 Å². The van der Waals surface area contributed by atoms with Crippen LogP contribution in [0.25, 0.3) is 10.9 Å². The number of carbonyl (C=O) groups excluding carboxylic acids is 1. The van der Waals surface area contributed by atoms with Crippen molar-refractivity contribution in [3.63, 3.8) is 0 Å². The summed E-state index contributed by atoms with van der Waals surface area (Å²) in [6, 6.07) is 2.45. The SMILES string of the molecule is NC(=O)c1[nH]c2cc([N+](=O)[O-])c(Br)cc2c1S(=O)(=O)N1CCOCC1. The van der Waals surface area contributed by atoms with Crippen molar-refractivity contribution in [2.75, 3.05) is 26.3 Å². The van der Waals surface area contributed by atoms with Crippen LogP contribution < -0.4 is 5.73 Å². The highest BCUT2D eigenvalue weighted by Crippen LogP contribution is 2.36. The molecule has 0 radical (unpaired) electrons. The van der Waals surface area contributed by atoms with Gasteiger partial charge in [-0.2, -0.15) is 4.31 Å². The Bertz CT molecular complexity index is 980. The van der Waals surface area contributed by atoms with Crippen LogP contribution in [0.2, 0.25) is 0 Å². The summed E-state index contributed by atoms with van der Waals surface area (Å²) in [5.41, 5.74) is 4.88. The summed E-state index contributed by atoms with van der Waals surface area (Å²) in [4.78, 5) is 24.5. The Morgan fingerprint density at radius 2 is 2.00 bits per heavy atom. The van der Waals surface area contributed by atoms with Gasteiger partial charge in [-0.25, -0.2) is 8.42 Å². The van der Waals surface area contributed by atoms with Gasteiger partial charge in [0.1, 0.15) is 10.6 Å². The summed E-state index contributed by atoms with van der Waals surface area (Å²) >= 11 is 3.06. The summed E-state index contributed by atoms with van der Waals surface area (Å²) in [6.45, 7) is 0.758. The van der Waals surface area contributed by atoms with Gasteiger partial charge in [-0.05, 0) is 22.0 Å². The molecule has 12 heteroatoms. The number of primary amides is 1. The van der Waals surface area contributed by atoms with E-state index in [0.29, 0.717) is 0 Å². The average Bonchev–Trinajstić information content (AvgIpc) is 2.94. The zero-order chi connectivity index (χ0) is 18.4. The first-order chi connectivity index (χ1) is 11.7. The summed E-state index contributed by atoms with van der Waals surface area (Å²) in [5.74, 6) is -0.971. The van der Waals surface area contributed by atoms with Crippen molar-refractivity contribution in [2.24, 2.45) is 5.73 Å². The summed E-state index contributed by atoms with van der Waals surface area (Å²) in [7, 11) is -4.04. The molecule has 10 nitrogen and oxygen atoms in total.